The first-order valence-electron chi connectivity index (χ1n) is 6.57. The van der Waals surface area contributed by atoms with Crippen LogP contribution in [0.3, 0.4) is 0 Å². The average molecular weight is 267 g/mol. The highest BCUT2D eigenvalue weighted by Gasteiger charge is 2.26. The van der Waals surface area contributed by atoms with Gasteiger partial charge in [0.1, 0.15) is 0 Å². The van der Waals surface area contributed by atoms with Gasteiger partial charge in [-0.25, -0.2) is 0 Å². The number of likely N-dealkylation sites (N-methyl/N-ethyl adjacent to an activating group) is 1. The molecule has 5 nitrogen and oxygen atoms in total. The molecule has 0 atom stereocenters. The molecule has 0 radical (unpaired) electrons. The third-order valence-electron chi connectivity index (χ3n) is 3.92. The summed E-state index contributed by atoms with van der Waals surface area (Å²) in [5.41, 5.74) is 2.72. The summed E-state index contributed by atoms with van der Waals surface area (Å²) in [4.78, 5) is 13.8. The standard InChI is InChI=1S/C14H25N3O2/c1-10-12(11(2)17(6)15-10)7-8-13(19)16(5)14(3,4)9-18/h18H,7-9H2,1-6H3. The monoisotopic (exact) mass is 267 g/mol. The second-order valence-corrected chi connectivity index (χ2v) is 5.70. The summed E-state index contributed by atoms with van der Waals surface area (Å²) in [5, 5.41) is 13.6. The molecule has 1 N–H and O–H groups in total. The quantitative estimate of drug-likeness (QED) is 0.872. The topological polar surface area (TPSA) is 58.4 Å². The van der Waals surface area contributed by atoms with Gasteiger partial charge in [0.2, 0.25) is 5.91 Å². The van der Waals surface area contributed by atoms with Crippen LogP contribution in [0.15, 0.2) is 0 Å². The minimum absolute atomic E-state index is 0.0415. The molecule has 19 heavy (non-hydrogen) atoms. The van der Waals surface area contributed by atoms with E-state index in [-0.39, 0.29) is 12.5 Å². The highest BCUT2D eigenvalue weighted by molar-refractivity contribution is 5.77. The SMILES string of the molecule is Cc1nn(C)c(C)c1CCC(=O)N(C)C(C)(C)CO. The predicted molar refractivity (Wildman–Crippen MR) is 74.9 cm³/mol. The Balaban J connectivity index is 2.69. The first kappa shape index (κ1) is 15.7. The molecule has 0 unspecified atom stereocenters. The fourth-order valence-corrected chi connectivity index (χ4v) is 2.02. The lowest BCUT2D eigenvalue weighted by molar-refractivity contribution is -0.135. The van der Waals surface area contributed by atoms with Crippen molar-refractivity contribution in [3.05, 3.63) is 17.0 Å². The Morgan fingerprint density at radius 1 is 1.42 bits per heavy atom. The van der Waals surface area contributed by atoms with Gasteiger partial charge in [0, 0.05) is 26.2 Å². The molecule has 1 rings (SSSR count). The molecule has 0 aliphatic heterocycles. The van der Waals surface area contributed by atoms with Crippen molar-refractivity contribution in [2.24, 2.45) is 7.05 Å². The van der Waals surface area contributed by atoms with Crippen molar-refractivity contribution < 1.29 is 9.90 Å². The van der Waals surface area contributed by atoms with Gasteiger partial charge in [-0.3, -0.25) is 9.48 Å². The number of carbonyl (C=O) groups is 1. The van der Waals surface area contributed by atoms with Gasteiger partial charge in [0.05, 0.1) is 17.8 Å². The number of carbonyl (C=O) groups excluding carboxylic acids is 1. The Hall–Kier alpha value is -1.36. The zero-order valence-electron chi connectivity index (χ0n) is 12.8. The molecule has 108 valence electrons. The highest BCUT2D eigenvalue weighted by atomic mass is 16.3. The Kier molecular flexibility index (Phi) is 4.74. The Bertz CT molecular complexity index is 464. The van der Waals surface area contributed by atoms with E-state index in [1.165, 1.54) is 0 Å². The number of aliphatic hydroxyl groups excluding tert-OH is 1. The van der Waals surface area contributed by atoms with Crippen LogP contribution in [0, 0.1) is 13.8 Å². The number of aliphatic hydroxyl groups is 1. The summed E-state index contributed by atoms with van der Waals surface area (Å²) in [5.74, 6) is 0.0432. The van der Waals surface area contributed by atoms with Crippen molar-refractivity contribution in [1.29, 1.82) is 0 Å². The zero-order chi connectivity index (χ0) is 14.8. The van der Waals surface area contributed by atoms with Crippen LogP contribution < -0.4 is 0 Å². The number of amides is 1. The summed E-state index contributed by atoms with van der Waals surface area (Å²) in [6.07, 6.45) is 1.13. The zero-order valence-corrected chi connectivity index (χ0v) is 12.8. The van der Waals surface area contributed by atoms with Crippen molar-refractivity contribution in [2.75, 3.05) is 13.7 Å². The second kappa shape index (κ2) is 5.74. The van der Waals surface area contributed by atoms with Gasteiger partial charge in [-0.1, -0.05) is 0 Å². The maximum absolute atomic E-state index is 12.1. The fraction of sp³-hybridized carbons (Fsp3) is 0.714. The lowest BCUT2D eigenvalue weighted by Gasteiger charge is -2.34. The molecule has 0 aromatic carbocycles. The highest BCUT2D eigenvalue weighted by Crippen LogP contribution is 2.17. The lowest BCUT2D eigenvalue weighted by atomic mass is 10.0. The number of rotatable bonds is 5. The summed E-state index contributed by atoms with van der Waals surface area (Å²) < 4.78 is 1.84. The van der Waals surface area contributed by atoms with Crippen molar-refractivity contribution in [3.63, 3.8) is 0 Å². The van der Waals surface area contributed by atoms with Crippen LogP contribution in [0.1, 0.15) is 37.2 Å². The smallest absolute Gasteiger partial charge is 0.223 e. The number of aromatic nitrogens is 2. The molecule has 1 heterocycles. The van der Waals surface area contributed by atoms with Crippen molar-refractivity contribution in [3.8, 4) is 0 Å². The third kappa shape index (κ3) is 3.35. The maximum Gasteiger partial charge on any atom is 0.223 e. The van der Waals surface area contributed by atoms with Gasteiger partial charge >= 0.3 is 0 Å². The van der Waals surface area contributed by atoms with E-state index in [1.807, 2.05) is 39.4 Å². The van der Waals surface area contributed by atoms with E-state index in [2.05, 4.69) is 5.10 Å². The molecule has 1 aromatic heterocycles. The molecular formula is C14H25N3O2. The number of hydrogen-bond acceptors (Lipinski definition) is 3. The minimum Gasteiger partial charge on any atom is -0.394 e. The summed E-state index contributed by atoms with van der Waals surface area (Å²) in [6.45, 7) is 7.65. The number of aryl methyl sites for hydroxylation is 2. The van der Waals surface area contributed by atoms with E-state index in [4.69, 9.17) is 0 Å². The van der Waals surface area contributed by atoms with Gasteiger partial charge in [-0.15, -0.1) is 0 Å². The molecule has 1 aromatic rings. The van der Waals surface area contributed by atoms with Crippen molar-refractivity contribution in [1.82, 2.24) is 14.7 Å². The van der Waals surface area contributed by atoms with E-state index >= 15 is 0 Å². The largest absolute Gasteiger partial charge is 0.394 e. The Morgan fingerprint density at radius 2 is 2.00 bits per heavy atom. The van der Waals surface area contributed by atoms with Crippen LogP contribution in [0.2, 0.25) is 0 Å². The van der Waals surface area contributed by atoms with Crippen LogP contribution in [-0.4, -0.2) is 44.9 Å². The lowest BCUT2D eigenvalue weighted by Crippen LogP contribution is -2.47. The van der Waals surface area contributed by atoms with Crippen LogP contribution in [0.25, 0.3) is 0 Å². The van der Waals surface area contributed by atoms with E-state index in [0.29, 0.717) is 12.8 Å². The molecule has 1 amide bonds. The van der Waals surface area contributed by atoms with E-state index in [9.17, 15) is 9.90 Å². The number of nitrogens with zero attached hydrogens (tertiary/aromatic N) is 3. The predicted octanol–water partition coefficient (Wildman–Crippen LogP) is 1.20. The normalized spacial score (nSPS) is 11.7. The second-order valence-electron chi connectivity index (χ2n) is 5.70. The molecular weight excluding hydrogens is 242 g/mol. The molecule has 5 heteroatoms. The molecule has 0 fully saturated rings. The van der Waals surface area contributed by atoms with Crippen LogP contribution >= 0.6 is 0 Å². The Labute approximate surface area is 115 Å². The first-order chi connectivity index (χ1) is 8.70. The van der Waals surface area contributed by atoms with Crippen LogP contribution in [0.4, 0.5) is 0 Å². The van der Waals surface area contributed by atoms with E-state index in [1.54, 1.807) is 11.9 Å². The van der Waals surface area contributed by atoms with Crippen LogP contribution in [0.5, 0.6) is 0 Å². The maximum atomic E-state index is 12.1. The van der Waals surface area contributed by atoms with Gasteiger partial charge in [-0.2, -0.15) is 5.10 Å². The van der Waals surface area contributed by atoms with Gasteiger partial charge in [-0.05, 0) is 39.7 Å². The Morgan fingerprint density at radius 3 is 2.42 bits per heavy atom. The molecule has 0 spiro atoms. The molecule has 0 bridgehead atoms. The van der Waals surface area contributed by atoms with Crippen LogP contribution in [-0.2, 0) is 18.3 Å². The number of hydrogen-bond donors (Lipinski definition) is 1. The van der Waals surface area contributed by atoms with Gasteiger partial charge < -0.3 is 10.0 Å². The molecule has 0 saturated carbocycles. The van der Waals surface area contributed by atoms with Gasteiger partial charge in [0.15, 0.2) is 0 Å². The van der Waals surface area contributed by atoms with Crippen molar-refractivity contribution in [2.45, 2.75) is 46.1 Å². The third-order valence-corrected chi connectivity index (χ3v) is 3.92. The summed E-state index contributed by atoms with van der Waals surface area (Å²) >= 11 is 0. The van der Waals surface area contributed by atoms with Crippen molar-refractivity contribution >= 4 is 5.91 Å². The minimum atomic E-state index is -0.518. The molecule has 0 aliphatic carbocycles. The van der Waals surface area contributed by atoms with E-state index < -0.39 is 5.54 Å². The first-order valence-corrected chi connectivity index (χ1v) is 6.57. The fourth-order valence-electron chi connectivity index (χ4n) is 2.02. The average Bonchev–Trinajstić information content (AvgIpc) is 2.60. The summed E-state index contributed by atoms with van der Waals surface area (Å²) in [6, 6.07) is 0. The molecule has 0 saturated heterocycles. The van der Waals surface area contributed by atoms with Gasteiger partial charge in [0.25, 0.3) is 0 Å². The molecule has 0 aliphatic rings. The summed E-state index contributed by atoms with van der Waals surface area (Å²) in [7, 11) is 3.65. The van der Waals surface area contributed by atoms with E-state index in [0.717, 1.165) is 17.0 Å².